The average Bonchev–Trinajstić information content (AvgIpc) is 2.47. The maximum atomic E-state index is 12.8. The van der Waals surface area contributed by atoms with Gasteiger partial charge in [0.1, 0.15) is 4.90 Å². The Hall–Kier alpha value is -2.04. The molecule has 0 saturated heterocycles. The molecular weight excluding hydrogens is 408 g/mol. The van der Waals surface area contributed by atoms with Crippen LogP contribution in [0, 0.1) is 10.1 Å². The monoisotopic (exact) mass is 414 g/mol. The predicted molar refractivity (Wildman–Crippen MR) is 85.4 cm³/mol. The van der Waals surface area contributed by atoms with Crippen LogP contribution in [0.5, 0.6) is 0 Å². The Morgan fingerprint density at radius 3 is 2.20 bits per heavy atom. The molecule has 0 aliphatic carbocycles. The van der Waals surface area contributed by atoms with E-state index in [4.69, 9.17) is 23.2 Å². The van der Waals surface area contributed by atoms with Gasteiger partial charge >= 0.3 is 6.18 Å². The standard InChI is InChI=1S/C13H7Cl2F3N2O4S/c14-10-3-1-7(5-9(10)13(16,17)18)19-25(23,24)12-6-8(20(21)22)2-4-11(12)15/h1-6,19H. The van der Waals surface area contributed by atoms with Gasteiger partial charge in [0.25, 0.3) is 15.7 Å². The summed E-state index contributed by atoms with van der Waals surface area (Å²) >= 11 is 11.2. The highest BCUT2D eigenvalue weighted by Crippen LogP contribution is 2.37. The van der Waals surface area contributed by atoms with Crippen LogP contribution in [0.1, 0.15) is 5.56 Å². The molecule has 6 nitrogen and oxygen atoms in total. The van der Waals surface area contributed by atoms with Gasteiger partial charge in [0.05, 0.1) is 20.5 Å². The number of nitrogens with one attached hydrogen (secondary N) is 1. The van der Waals surface area contributed by atoms with Crippen LogP contribution in [0.4, 0.5) is 24.5 Å². The van der Waals surface area contributed by atoms with Crippen LogP contribution in [-0.4, -0.2) is 13.3 Å². The topological polar surface area (TPSA) is 89.3 Å². The number of benzene rings is 2. The summed E-state index contributed by atoms with van der Waals surface area (Å²) in [5.74, 6) is 0. The highest BCUT2D eigenvalue weighted by Gasteiger charge is 2.34. The van der Waals surface area contributed by atoms with Crippen molar-refractivity contribution in [2.75, 3.05) is 4.72 Å². The van der Waals surface area contributed by atoms with Crippen molar-refractivity contribution in [2.45, 2.75) is 11.1 Å². The van der Waals surface area contributed by atoms with Gasteiger partial charge in [0.15, 0.2) is 0 Å². The first-order chi connectivity index (χ1) is 11.4. The second-order valence-corrected chi connectivity index (χ2v) is 7.13. The van der Waals surface area contributed by atoms with Crippen molar-refractivity contribution in [3.63, 3.8) is 0 Å². The largest absolute Gasteiger partial charge is 0.417 e. The van der Waals surface area contributed by atoms with Gasteiger partial charge in [-0.05, 0) is 24.3 Å². The van der Waals surface area contributed by atoms with Crippen molar-refractivity contribution < 1.29 is 26.5 Å². The molecule has 0 fully saturated rings. The van der Waals surface area contributed by atoms with E-state index in [1.54, 1.807) is 0 Å². The van der Waals surface area contributed by atoms with Crippen molar-refractivity contribution in [1.29, 1.82) is 0 Å². The quantitative estimate of drug-likeness (QED) is 0.578. The van der Waals surface area contributed by atoms with Crippen molar-refractivity contribution in [2.24, 2.45) is 0 Å². The van der Waals surface area contributed by atoms with Crippen molar-refractivity contribution in [3.8, 4) is 0 Å². The molecule has 0 saturated carbocycles. The van der Waals surface area contributed by atoms with Gasteiger partial charge in [-0.2, -0.15) is 13.2 Å². The molecule has 2 aromatic rings. The highest BCUT2D eigenvalue weighted by molar-refractivity contribution is 7.92. The number of non-ortho nitro benzene ring substituents is 1. The minimum atomic E-state index is -4.79. The maximum Gasteiger partial charge on any atom is 0.417 e. The molecule has 25 heavy (non-hydrogen) atoms. The first-order valence-corrected chi connectivity index (χ1v) is 8.49. The van der Waals surface area contributed by atoms with Crippen LogP contribution < -0.4 is 4.72 Å². The third-order valence-electron chi connectivity index (χ3n) is 2.94. The van der Waals surface area contributed by atoms with Crippen LogP contribution in [0.3, 0.4) is 0 Å². The molecule has 1 N–H and O–H groups in total. The number of nitro benzene ring substituents is 1. The van der Waals surface area contributed by atoms with Gasteiger partial charge in [0.2, 0.25) is 0 Å². The average molecular weight is 415 g/mol. The third kappa shape index (κ3) is 4.33. The second kappa shape index (κ2) is 6.70. The summed E-state index contributed by atoms with van der Waals surface area (Å²) in [6.07, 6.45) is -4.79. The van der Waals surface area contributed by atoms with Crippen molar-refractivity contribution in [3.05, 3.63) is 62.1 Å². The number of rotatable bonds is 4. The van der Waals surface area contributed by atoms with Gasteiger partial charge in [-0.25, -0.2) is 8.42 Å². The molecule has 134 valence electrons. The predicted octanol–water partition coefficient (Wildman–Crippen LogP) is 4.72. The lowest BCUT2D eigenvalue weighted by molar-refractivity contribution is -0.385. The molecule has 0 heterocycles. The molecule has 0 amide bonds. The minimum Gasteiger partial charge on any atom is -0.280 e. The van der Waals surface area contributed by atoms with Crippen molar-refractivity contribution >= 4 is 44.6 Å². The van der Waals surface area contributed by atoms with Crippen molar-refractivity contribution in [1.82, 2.24) is 0 Å². The Bertz CT molecular complexity index is 949. The van der Waals surface area contributed by atoms with E-state index in [1.165, 1.54) is 0 Å². The van der Waals surface area contributed by atoms with E-state index in [0.29, 0.717) is 12.1 Å². The Balaban J connectivity index is 2.47. The SMILES string of the molecule is O=[N+]([O-])c1ccc(Cl)c(S(=O)(=O)Nc2ccc(Cl)c(C(F)(F)F)c2)c1. The summed E-state index contributed by atoms with van der Waals surface area (Å²) in [6, 6.07) is 5.08. The van der Waals surface area contributed by atoms with Crippen LogP contribution >= 0.6 is 23.2 Å². The van der Waals surface area contributed by atoms with Gasteiger partial charge in [0, 0.05) is 17.8 Å². The van der Waals surface area contributed by atoms with E-state index in [2.05, 4.69) is 0 Å². The molecule has 2 aromatic carbocycles. The fourth-order valence-electron chi connectivity index (χ4n) is 1.83. The Morgan fingerprint density at radius 2 is 1.64 bits per heavy atom. The molecule has 0 aromatic heterocycles. The zero-order chi connectivity index (χ0) is 19.0. The summed E-state index contributed by atoms with van der Waals surface area (Å²) < 4.78 is 65.0. The first-order valence-electron chi connectivity index (χ1n) is 6.25. The fraction of sp³-hybridized carbons (Fsp3) is 0.0769. The van der Waals surface area contributed by atoms with Gasteiger partial charge < -0.3 is 0 Å². The van der Waals surface area contributed by atoms with Gasteiger partial charge in [-0.1, -0.05) is 23.2 Å². The molecule has 0 bridgehead atoms. The first kappa shape index (κ1) is 19.3. The van der Waals surface area contributed by atoms with E-state index in [0.717, 1.165) is 24.3 Å². The van der Waals surface area contributed by atoms with Crippen LogP contribution in [0.2, 0.25) is 10.0 Å². The summed E-state index contributed by atoms with van der Waals surface area (Å²) in [6.45, 7) is 0. The lowest BCUT2D eigenvalue weighted by atomic mass is 10.2. The summed E-state index contributed by atoms with van der Waals surface area (Å²) in [5.41, 5.74) is -2.21. The zero-order valence-electron chi connectivity index (χ0n) is 11.8. The maximum absolute atomic E-state index is 12.8. The van der Waals surface area contributed by atoms with Gasteiger partial charge in [-0.15, -0.1) is 0 Å². The molecule has 12 heteroatoms. The number of nitrogens with zero attached hydrogens (tertiary/aromatic N) is 1. The van der Waals surface area contributed by atoms with E-state index in [9.17, 15) is 31.7 Å². The Kier molecular flexibility index (Phi) is 5.17. The molecule has 0 aliphatic rings. The lowest BCUT2D eigenvalue weighted by Crippen LogP contribution is -2.15. The smallest absolute Gasteiger partial charge is 0.280 e. The minimum absolute atomic E-state index is 0.330. The van der Waals surface area contributed by atoms with Crippen LogP contribution in [-0.2, 0) is 16.2 Å². The highest BCUT2D eigenvalue weighted by atomic mass is 35.5. The number of hydrogen-bond acceptors (Lipinski definition) is 4. The van der Waals surface area contributed by atoms with E-state index >= 15 is 0 Å². The van der Waals surface area contributed by atoms with E-state index in [1.807, 2.05) is 4.72 Å². The summed E-state index contributed by atoms with van der Waals surface area (Å²) in [7, 11) is -4.47. The van der Waals surface area contributed by atoms with Crippen LogP contribution in [0.25, 0.3) is 0 Å². The molecule has 0 aliphatic heterocycles. The molecule has 0 radical (unpaired) electrons. The van der Waals surface area contributed by atoms with Crippen LogP contribution in [0.15, 0.2) is 41.3 Å². The number of alkyl halides is 3. The normalized spacial score (nSPS) is 12.0. The fourth-order valence-corrected chi connectivity index (χ4v) is 3.62. The lowest BCUT2D eigenvalue weighted by Gasteiger charge is -2.13. The second-order valence-electron chi connectivity index (χ2n) is 4.67. The van der Waals surface area contributed by atoms with E-state index in [-0.39, 0.29) is 5.02 Å². The summed E-state index contributed by atoms with van der Waals surface area (Å²) in [4.78, 5) is 9.27. The third-order valence-corrected chi connectivity index (χ3v) is 5.13. The Labute approximate surface area is 149 Å². The number of hydrogen-bond donors (Lipinski definition) is 1. The number of halogens is 5. The molecule has 0 spiro atoms. The van der Waals surface area contributed by atoms with Gasteiger partial charge in [-0.3, -0.25) is 14.8 Å². The summed E-state index contributed by atoms with van der Waals surface area (Å²) in [5, 5.41) is 9.81. The van der Waals surface area contributed by atoms with E-state index < -0.39 is 48.0 Å². The zero-order valence-corrected chi connectivity index (χ0v) is 14.2. The number of anilines is 1. The molecule has 0 atom stereocenters. The number of nitro groups is 1. The molecule has 2 rings (SSSR count). The Morgan fingerprint density at radius 1 is 1.04 bits per heavy atom. The molecule has 0 unspecified atom stereocenters. The molecular formula is C13H7Cl2F3N2O4S. The number of sulfonamides is 1.